The number of aryl methyl sites for hydroxylation is 1. The standard InChI is InChI=1S/C8H10OS.Na/c1-6-4-8(9)3-2-7(6)5-10;/h2-4,9-10H,5H2,1H3;/q;+1/p-1. The third kappa shape index (κ3) is 3.08. The molecule has 0 bridgehead atoms. The van der Waals surface area contributed by atoms with Crippen molar-refractivity contribution >= 4 is 12.6 Å². The largest absolute Gasteiger partial charge is 1.00 e. The summed E-state index contributed by atoms with van der Waals surface area (Å²) >= 11 is 4.11. The molecule has 0 N–H and O–H groups in total. The van der Waals surface area contributed by atoms with Gasteiger partial charge in [0.05, 0.1) is 0 Å². The van der Waals surface area contributed by atoms with Gasteiger partial charge in [-0.3, -0.25) is 0 Å². The maximum absolute atomic E-state index is 10.7. The van der Waals surface area contributed by atoms with E-state index >= 15 is 0 Å². The summed E-state index contributed by atoms with van der Waals surface area (Å²) in [4.78, 5) is 0. The van der Waals surface area contributed by atoms with Gasteiger partial charge in [-0.15, -0.1) is 5.75 Å². The predicted octanol–water partition coefficient (Wildman–Crippen LogP) is -1.50. The van der Waals surface area contributed by atoms with E-state index in [1.165, 1.54) is 0 Å². The van der Waals surface area contributed by atoms with Crippen LogP contribution >= 0.6 is 12.6 Å². The fourth-order valence-corrected chi connectivity index (χ4v) is 1.20. The van der Waals surface area contributed by atoms with Gasteiger partial charge < -0.3 is 5.11 Å². The second-order valence-corrected chi connectivity index (χ2v) is 2.56. The van der Waals surface area contributed by atoms with Gasteiger partial charge in [-0.05, 0) is 18.1 Å². The van der Waals surface area contributed by atoms with E-state index in [0.717, 1.165) is 11.1 Å². The summed E-state index contributed by atoms with van der Waals surface area (Å²) in [6, 6.07) is 5.02. The Labute approximate surface area is 94.5 Å². The maximum atomic E-state index is 10.7. The Morgan fingerprint density at radius 2 is 2.09 bits per heavy atom. The molecule has 0 saturated heterocycles. The molecule has 1 aromatic carbocycles. The van der Waals surface area contributed by atoms with Crippen molar-refractivity contribution < 1.29 is 34.7 Å². The van der Waals surface area contributed by atoms with Gasteiger partial charge in [-0.25, -0.2) is 0 Å². The summed E-state index contributed by atoms with van der Waals surface area (Å²) in [5.41, 5.74) is 2.16. The Morgan fingerprint density at radius 1 is 1.45 bits per heavy atom. The molecule has 1 aromatic rings. The van der Waals surface area contributed by atoms with Crippen LogP contribution in [0.3, 0.4) is 0 Å². The van der Waals surface area contributed by atoms with E-state index in [1.54, 1.807) is 12.1 Å². The fraction of sp³-hybridized carbons (Fsp3) is 0.250. The predicted molar refractivity (Wildman–Crippen MR) is 43.3 cm³/mol. The Hall–Kier alpha value is 0.370. The van der Waals surface area contributed by atoms with Gasteiger partial charge in [-0.2, -0.15) is 12.6 Å². The van der Waals surface area contributed by atoms with Crippen molar-refractivity contribution in [2.45, 2.75) is 12.7 Å². The van der Waals surface area contributed by atoms with Crippen molar-refractivity contribution in [1.29, 1.82) is 0 Å². The van der Waals surface area contributed by atoms with E-state index in [2.05, 4.69) is 12.6 Å². The quantitative estimate of drug-likeness (QED) is 0.408. The number of hydrogen-bond acceptors (Lipinski definition) is 2. The molecular formula is C8H9NaOS. The van der Waals surface area contributed by atoms with Crippen molar-refractivity contribution in [2.24, 2.45) is 0 Å². The zero-order valence-corrected chi connectivity index (χ0v) is 9.69. The average molecular weight is 176 g/mol. The van der Waals surface area contributed by atoms with Crippen LogP contribution in [0, 0.1) is 6.92 Å². The molecule has 0 heterocycles. The number of thiol groups is 1. The van der Waals surface area contributed by atoms with Gasteiger partial charge in [0.1, 0.15) is 0 Å². The average Bonchev–Trinajstić information content (AvgIpc) is 1.88. The molecule has 0 aliphatic heterocycles. The minimum Gasteiger partial charge on any atom is -0.872 e. The summed E-state index contributed by atoms with van der Waals surface area (Å²) in [7, 11) is 0. The van der Waals surface area contributed by atoms with Crippen LogP contribution in [-0.4, -0.2) is 0 Å². The number of benzene rings is 1. The Morgan fingerprint density at radius 3 is 2.55 bits per heavy atom. The van der Waals surface area contributed by atoms with Crippen LogP contribution in [0.1, 0.15) is 11.1 Å². The smallest absolute Gasteiger partial charge is 0.872 e. The number of hydrogen-bond donors (Lipinski definition) is 1. The fourth-order valence-electron chi connectivity index (χ4n) is 0.846. The van der Waals surface area contributed by atoms with Gasteiger partial charge in [-0.1, -0.05) is 18.2 Å². The van der Waals surface area contributed by atoms with Gasteiger partial charge in [0.25, 0.3) is 0 Å². The molecule has 0 aromatic heterocycles. The molecule has 1 rings (SSSR count). The van der Waals surface area contributed by atoms with Crippen LogP contribution in [0.4, 0.5) is 0 Å². The molecule has 0 atom stereocenters. The van der Waals surface area contributed by atoms with Gasteiger partial charge in [0.2, 0.25) is 0 Å². The van der Waals surface area contributed by atoms with Gasteiger partial charge in [0, 0.05) is 5.75 Å². The minimum atomic E-state index is 0. The molecular weight excluding hydrogens is 167 g/mol. The van der Waals surface area contributed by atoms with E-state index in [4.69, 9.17) is 0 Å². The van der Waals surface area contributed by atoms with Crippen LogP contribution in [0.25, 0.3) is 0 Å². The Bertz CT molecular complexity index is 238. The van der Waals surface area contributed by atoms with Crippen molar-refractivity contribution in [2.75, 3.05) is 0 Å². The van der Waals surface area contributed by atoms with Crippen molar-refractivity contribution in [1.82, 2.24) is 0 Å². The molecule has 11 heavy (non-hydrogen) atoms. The summed E-state index contributed by atoms with van der Waals surface area (Å²) in [6.45, 7) is 1.92. The molecule has 0 spiro atoms. The first-order chi connectivity index (χ1) is 4.74. The summed E-state index contributed by atoms with van der Waals surface area (Å²) < 4.78 is 0. The van der Waals surface area contributed by atoms with Crippen LogP contribution in [0.5, 0.6) is 5.75 Å². The molecule has 54 valence electrons. The second-order valence-electron chi connectivity index (χ2n) is 2.25. The van der Waals surface area contributed by atoms with E-state index in [-0.39, 0.29) is 35.3 Å². The van der Waals surface area contributed by atoms with Crippen LogP contribution in [0.15, 0.2) is 18.2 Å². The Balaban J connectivity index is 0.000001000. The summed E-state index contributed by atoms with van der Waals surface area (Å²) in [5, 5.41) is 10.7. The van der Waals surface area contributed by atoms with E-state index in [9.17, 15) is 5.11 Å². The second kappa shape index (κ2) is 5.09. The SMILES string of the molecule is Cc1cc([O-])ccc1CS.[Na+]. The molecule has 3 heteroatoms. The molecule has 0 saturated carbocycles. The molecule has 0 aliphatic carbocycles. The molecule has 0 unspecified atom stereocenters. The van der Waals surface area contributed by atoms with E-state index in [0.29, 0.717) is 5.75 Å². The first kappa shape index (κ1) is 11.4. The monoisotopic (exact) mass is 176 g/mol. The normalized spacial score (nSPS) is 8.91. The molecule has 1 nitrogen and oxygen atoms in total. The molecule has 0 radical (unpaired) electrons. The van der Waals surface area contributed by atoms with Crippen LogP contribution < -0.4 is 34.7 Å². The van der Waals surface area contributed by atoms with Gasteiger partial charge in [0.15, 0.2) is 0 Å². The van der Waals surface area contributed by atoms with E-state index < -0.39 is 0 Å². The topological polar surface area (TPSA) is 23.1 Å². The molecule has 0 amide bonds. The first-order valence-corrected chi connectivity index (χ1v) is 3.74. The first-order valence-electron chi connectivity index (χ1n) is 3.11. The van der Waals surface area contributed by atoms with Crippen molar-refractivity contribution in [3.8, 4) is 5.75 Å². The number of rotatable bonds is 1. The molecule has 0 fully saturated rings. The zero-order valence-electron chi connectivity index (χ0n) is 6.79. The summed E-state index contributed by atoms with van der Waals surface area (Å²) in [5.74, 6) is 0.773. The van der Waals surface area contributed by atoms with Crippen molar-refractivity contribution in [3.05, 3.63) is 29.3 Å². The molecule has 0 aliphatic rings. The summed E-state index contributed by atoms with van der Waals surface area (Å²) in [6.07, 6.45) is 0. The minimum absolute atomic E-state index is 0. The third-order valence-corrected chi connectivity index (χ3v) is 1.83. The van der Waals surface area contributed by atoms with Gasteiger partial charge >= 0.3 is 29.6 Å². The third-order valence-electron chi connectivity index (χ3n) is 1.48. The van der Waals surface area contributed by atoms with Crippen LogP contribution in [-0.2, 0) is 5.75 Å². The van der Waals surface area contributed by atoms with Crippen LogP contribution in [0.2, 0.25) is 0 Å². The Kier molecular flexibility index (Phi) is 5.26. The van der Waals surface area contributed by atoms with E-state index in [1.807, 2.05) is 13.0 Å². The zero-order chi connectivity index (χ0) is 7.56. The maximum Gasteiger partial charge on any atom is 1.00 e. The van der Waals surface area contributed by atoms with Crippen molar-refractivity contribution in [3.63, 3.8) is 0 Å².